The molecule has 202 valence electrons. The maximum absolute atomic E-state index is 14.8. The van der Waals surface area contributed by atoms with Crippen molar-refractivity contribution >= 4 is 5.52 Å². The van der Waals surface area contributed by atoms with E-state index < -0.39 is 17.0 Å². The molecule has 0 unspecified atom stereocenters. The number of aryl methyl sites for hydroxylation is 1. The fraction of sp³-hybridized carbons (Fsp3) is 0.448. The molecule has 1 aliphatic heterocycles. The summed E-state index contributed by atoms with van der Waals surface area (Å²) in [6.07, 6.45) is 8.22. The maximum Gasteiger partial charge on any atom is 0.337 e. The molecular weight excluding hydrogens is 500 g/mol. The second-order valence-corrected chi connectivity index (χ2v) is 11.6. The van der Waals surface area contributed by atoms with Crippen LogP contribution < -0.4 is 5.69 Å². The summed E-state index contributed by atoms with van der Waals surface area (Å²) in [6.45, 7) is 4.27. The van der Waals surface area contributed by atoms with Gasteiger partial charge in [0.15, 0.2) is 0 Å². The van der Waals surface area contributed by atoms with Gasteiger partial charge < -0.3 is 4.57 Å². The zero-order valence-electron chi connectivity index (χ0n) is 22.3. The van der Waals surface area contributed by atoms with Crippen molar-refractivity contribution in [2.45, 2.75) is 51.5 Å². The molecule has 0 amide bonds. The molecule has 0 bridgehead atoms. The number of pyridine rings is 1. The van der Waals surface area contributed by atoms with Crippen molar-refractivity contribution in [2.75, 3.05) is 13.1 Å². The van der Waals surface area contributed by atoms with Crippen LogP contribution in [-0.4, -0.2) is 41.7 Å². The van der Waals surface area contributed by atoms with Crippen molar-refractivity contribution in [2.24, 2.45) is 18.4 Å². The van der Waals surface area contributed by atoms with Gasteiger partial charge in [-0.3, -0.25) is 13.9 Å². The Labute approximate surface area is 225 Å². The number of fused-ring (bicyclic) bond motifs is 1. The van der Waals surface area contributed by atoms with E-state index in [-0.39, 0.29) is 17.0 Å². The molecule has 0 N–H and O–H groups in total. The third kappa shape index (κ3) is 4.44. The summed E-state index contributed by atoms with van der Waals surface area (Å²) in [4.78, 5) is 15.7. The number of aromatic nitrogens is 5. The van der Waals surface area contributed by atoms with Gasteiger partial charge in [0.2, 0.25) is 0 Å². The summed E-state index contributed by atoms with van der Waals surface area (Å²) < 4.78 is 34.3. The van der Waals surface area contributed by atoms with Crippen LogP contribution in [0.15, 0.2) is 53.8 Å². The molecule has 8 nitrogen and oxygen atoms in total. The van der Waals surface area contributed by atoms with Gasteiger partial charge >= 0.3 is 5.69 Å². The molecule has 3 aromatic heterocycles. The number of likely N-dealkylation sites (tertiary alicyclic amines) is 1. The van der Waals surface area contributed by atoms with Crippen molar-refractivity contribution in [3.05, 3.63) is 82.1 Å². The van der Waals surface area contributed by atoms with Gasteiger partial charge in [0.25, 0.3) is 5.92 Å². The number of alkyl halides is 2. The highest BCUT2D eigenvalue weighted by molar-refractivity contribution is 5.58. The van der Waals surface area contributed by atoms with Crippen molar-refractivity contribution in [1.29, 1.82) is 5.26 Å². The highest BCUT2D eigenvalue weighted by Gasteiger charge is 2.39. The average molecular weight is 532 g/mol. The fourth-order valence-electron chi connectivity index (χ4n) is 6.10. The zero-order chi connectivity index (χ0) is 27.5. The number of hydrogen-bond acceptors (Lipinski definition) is 5. The Morgan fingerprint density at radius 2 is 2.00 bits per heavy atom. The minimum Gasteiger partial charge on any atom is -0.320 e. The summed E-state index contributed by atoms with van der Waals surface area (Å²) in [5.74, 6) is -1.79. The van der Waals surface area contributed by atoms with E-state index in [2.05, 4.69) is 16.3 Å². The normalized spacial score (nSPS) is 18.5. The van der Waals surface area contributed by atoms with Crippen LogP contribution in [0.1, 0.15) is 61.5 Å². The first-order chi connectivity index (χ1) is 18.6. The molecule has 2 fully saturated rings. The van der Waals surface area contributed by atoms with Gasteiger partial charge in [-0.05, 0) is 55.0 Å². The van der Waals surface area contributed by atoms with Gasteiger partial charge in [-0.25, -0.2) is 13.6 Å². The third-order valence-electron chi connectivity index (χ3n) is 8.27. The molecule has 39 heavy (non-hydrogen) atoms. The molecule has 1 saturated carbocycles. The quantitative estimate of drug-likeness (QED) is 0.348. The van der Waals surface area contributed by atoms with Crippen molar-refractivity contribution in [3.8, 4) is 11.8 Å². The predicted octanol–water partition coefficient (Wildman–Crippen LogP) is 4.61. The third-order valence-corrected chi connectivity index (χ3v) is 8.27. The topological polar surface area (TPSA) is 84.2 Å². The zero-order valence-corrected chi connectivity index (χ0v) is 22.3. The summed E-state index contributed by atoms with van der Waals surface area (Å²) in [5, 5.41) is 17.8. The number of nitriles is 1. The lowest BCUT2D eigenvalue weighted by molar-refractivity contribution is 0.0182. The van der Waals surface area contributed by atoms with Crippen LogP contribution in [0, 0.1) is 22.7 Å². The fourth-order valence-corrected chi connectivity index (χ4v) is 6.10. The SMILES string of the molecule is Cn1cnnc1[C@@H](c1cccc(-n2cc3c(C(C)(F)F)cc(CN4CC(C)(C#N)C4)cn3c2=O)c1)C1CCC1. The number of nitrogens with zero attached hydrogens (tertiary/aromatic N) is 7. The van der Waals surface area contributed by atoms with Gasteiger partial charge in [0.1, 0.15) is 12.2 Å². The Morgan fingerprint density at radius 3 is 2.62 bits per heavy atom. The summed E-state index contributed by atoms with van der Waals surface area (Å²) in [7, 11) is 1.93. The standard InChI is InChI=1S/C29H31F2N7O/c1-28(15-32)16-36(17-28)12-19-10-23(29(2,30)31)24-14-37(27(39)38(24)13-19)22-9-5-8-21(11-22)25(20-6-4-7-20)26-34-33-18-35(26)3/h5,8-11,13-14,18,20,25H,4,6-7,12,16-17H2,1-3H3/t25-/m1/s1. The molecule has 1 saturated heterocycles. The Hall–Kier alpha value is -3.84. The van der Waals surface area contributed by atoms with Gasteiger partial charge in [-0.2, -0.15) is 5.26 Å². The van der Waals surface area contributed by atoms with Crippen LogP contribution in [0.4, 0.5) is 8.78 Å². The lowest BCUT2D eigenvalue weighted by Gasteiger charge is -2.43. The monoisotopic (exact) mass is 531 g/mol. The minimum atomic E-state index is -3.14. The molecule has 1 aromatic carbocycles. The van der Waals surface area contributed by atoms with Crippen molar-refractivity contribution in [3.63, 3.8) is 0 Å². The number of benzene rings is 1. The van der Waals surface area contributed by atoms with E-state index >= 15 is 0 Å². The second kappa shape index (κ2) is 9.12. The van der Waals surface area contributed by atoms with Crippen molar-refractivity contribution < 1.29 is 8.78 Å². The van der Waals surface area contributed by atoms with Crippen LogP contribution in [0.2, 0.25) is 0 Å². The molecule has 0 spiro atoms. The Balaban J connectivity index is 1.41. The summed E-state index contributed by atoms with van der Waals surface area (Å²) in [5.41, 5.74) is 1.41. The van der Waals surface area contributed by atoms with E-state index in [4.69, 9.17) is 0 Å². The van der Waals surface area contributed by atoms with Crippen LogP contribution in [-0.2, 0) is 19.5 Å². The summed E-state index contributed by atoms with van der Waals surface area (Å²) in [6, 6.07) is 11.5. The highest BCUT2D eigenvalue weighted by atomic mass is 19.3. The van der Waals surface area contributed by atoms with Crippen LogP contribution in [0.3, 0.4) is 0 Å². The Bertz CT molecular complexity index is 1640. The minimum absolute atomic E-state index is 0.0386. The van der Waals surface area contributed by atoms with Crippen LogP contribution >= 0.6 is 0 Å². The molecule has 1 atom stereocenters. The van der Waals surface area contributed by atoms with Gasteiger partial charge in [0, 0.05) is 57.5 Å². The second-order valence-electron chi connectivity index (χ2n) is 11.6. The highest BCUT2D eigenvalue weighted by Crippen LogP contribution is 2.43. The van der Waals surface area contributed by atoms with Crippen LogP contribution in [0.5, 0.6) is 0 Å². The van der Waals surface area contributed by atoms with E-state index in [1.54, 1.807) is 12.5 Å². The first-order valence-electron chi connectivity index (χ1n) is 13.3. The van der Waals surface area contributed by atoms with E-state index in [9.17, 15) is 18.8 Å². The van der Waals surface area contributed by atoms with Gasteiger partial charge in [-0.15, -0.1) is 10.2 Å². The Morgan fingerprint density at radius 1 is 1.23 bits per heavy atom. The number of hydrogen-bond donors (Lipinski definition) is 0. The lowest BCUT2D eigenvalue weighted by atomic mass is 9.72. The maximum atomic E-state index is 14.8. The largest absolute Gasteiger partial charge is 0.337 e. The van der Waals surface area contributed by atoms with E-state index in [1.165, 1.54) is 27.7 Å². The van der Waals surface area contributed by atoms with E-state index in [1.807, 2.05) is 47.7 Å². The van der Waals surface area contributed by atoms with Crippen molar-refractivity contribution in [1.82, 2.24) is 28.6 Å². The molecule has 1 aliphatic carbocycles. The lowest BCUT2D eigenvalue weighted by Crippen LogP contribution is -2.53. The smallest absolute Gasteiger partial charge is 0.320 e. The van der Waals surface area contributed by atoms with E-state index in [0.29, 0.717) is 36.8 Å². The molecule has 4 aromatic rings. The number of imidazole rings is 1. The molecule has 2 aliphatic rings. The summed E-state index contributed by atoms with van der Waals surface area (Å²) >= 11 is 0. The molecule has 4 heterocycles. The molecule has 0 radical (unpaired) electrons. The predicted molar refractivity (Wildman–Crippen MR) is 142 cm³/mol. The average Bonchev–Trinajstić information content (AvgIpc) is 3.42. The van der Waals surface area contributed by atoms with Crippen LogP contribution in [0.25, 0.3) is 11.2 Å². The number of halogens is 2. The van der Waals surface area contributed by atoms with Gasteiger partial charge in [-0.1, -0.05) is 18.6 Å². The number of rotatable bonds is 7. The molecule has 10 heteroatoms. The first kappa shape index (κ1) is 25.4. The molecular formula is C29H31F2N7O. The Kier molecular flexibility index (Phi) is 5.95. The molecule has 6 rings (SSSR count). The van der Waals surface area contributed by atoms with Gasteiger partial charge in [0.05, 0.1) is 22.7 Å². The first-order valence-corrected chi connectivity index (χ1v) is 13.3. The van der Waals surface area contributed by atoms with E-state index in [0.717, 1.165) is 31.2 Å².